The smallest absolute Gasteiger partial charge is 0.337 e. The van der Waals surface area contributed by atoms with Crippen LogP contribution in [0.15, 0.2) is 11.8 Å². The molecule has 1 fully saturated rings. The van der Waals surface area contributed by atoms with Gasteiger partial charge >= 0.3 is 11.9 Å². The van der Waals surface area contributed by atoms with E-state index in [1.54, 1.807) is 0 Å². The van der Waals surface area contributed by atoms with Gasteiger partial charge in [0.1, 0.15) is 0 Å². The van der Waals surface area contributed by atoms with E-state index >= 15 is 0 Å². The van der Waals surface area contributed by atoms with Gasteiger partial charge in [0, 0.05) is 11.8 Å². The zero-order chi connectivity index (χ0) is 11.4. The Morgan fingerprint density at radius 1 is 1.40 bits per heavy atom. The van der Waals surface area contributed by atoms with Crippen LogP contribution in [0.4, 0.5) is 0 Å². The van der Waals surface area contributed by atoms with Crippen LogP contribution in [0, 0.1) is 17.2 Å². The molecular formula is C9H10N2O4. The SMILES string of the molecule is N#C/C(=C/NC(C(=O)O)C(=O)O)C1CC1. The molecule has 1 aliphatic rings. The highest BCUT2D eigenvalue weighted by Gasteiger charge is 2.28. The zero-order valence-corrected chi connectivity index (χ0v) is 7.80. The van der Waals surface area contributed by atoms with Gasteiger partial charge in [-0.05, 0) is 18.8 Å². The number of rotatable bonds is 5. The molecule has 0 aromatic carbocycles. The van der Waals surface area contributed by atoms with Gasteiger partial charge in [-0.1, -0.05) is 0 Å². The topological polar surface area (TPSA) is 110 Å². The molecule has 0 radical (unpaired) electrons. The second-order valence-corrected chi connectivity index (χ2v) is 3.26. The van der Waals surface area contributed by atoms with Crippen molar-refractivity contribution in [1.29, 1.82) is 5.26 Å². The summed E-state index contributed by atoms with van der Waals surface area (Å²) < 4.78 is 0. The van der Waals surface area contributed by atoms with Crippen LogP contribution in [-0.4, -0.2) is 28.2 Å². The van der Waals surface area contributed by atoms with Crippen LogP contribution in [0.5, 0.6) is 0 Å². The second kappa shape index (κ2) is 4.46. The third kappa shape index (κ3) is 2.98. The van der Waals surface area contributed by atoms with Crippen molar-refractivity contribution in [3.63, 3.8) is 0 Å². The molecule has 0 spiro atoms. The molecule has 0 aromatic rings. The van der Waals surface area contributed by atoms with Crippen LogP contribution in [0.25, 0.3) is 0 Å². The number of aliphatic carboxylic acids is 2. The first-order valence-electron chi connectivity index (χ1n) is 4.38. The number of allylic oxidation sites excluding steroid dienone is 1. The van der Waals surface area contributed by atoms with Gasteiger partial charge in [0.2, 0.25) is 6.04 Å². The molecule has 6 heteroatoms. The van der Waals surface area contributed by atoms with Gasteiger partial charge in [-0.25, -0.2) is 9.59 Å². The average molecular weight is 210 g/mol. The minimum absolute atomic E-state index is 0.158. The highest BCUT2D eigenvalue weighted by Crippen LogP contribution is 2.35. The Balaban J connectivity index is 2.63. The Morgan fingerprint density at radius 3 is 2.27 bits per heavy atom. The number of hydrogen-bond donors (Lipinski definition) is 3. The maximum absolute atomic E-state index is 10.5. The molecule has 1 rings (SSSR count). The highest BCUT2D eigenvalue weighted by atomic mass is 16.4. The van der Waals surface area contributed by atoms with E-state index in [9.17, 15) is 9.59 Å². The average Bonchev–Trinajstić information content (AvgIpc) is 2.94. The van der Waals surface area contributed by atoms with Gasteiger partial charge in [-0.3, -0.25) is 0 Å². The summed E-state index contributed by atoms with van der Waals surface area (Å²) in [5, 5.41) is 27.9. The molecule has 6 nitrogen and oxygen atoms in total. The molecule has 0 amide bonds. The minimum Gasteiger partial charge on any atom is -0.479 e. The number of nitrogens with zero attached hydrogens (tertiary/aromatic N) is 1. The van der Waals surface area contributed by atoms with Gasteiger partial charge in [0.15, 0.2) is 0 Å². The van der Waals surface area contributed by atoms with Crippen LogP contribution in [0.2, 0.25) is 0 Å². The van der Waals surface area contributed by atoms with Crippen molar-refractivity contribution in [3.05, 3.63) is 11.8 Å². The first kappa shape index (κ1) is 11.0. The fourth-order valence-corrected chi connectivity index (χ4v) is 1.06. The summed E-state index contributed by atoms with van der Waals surface area (Å²) in [5.41, 5.74) is 0.405. The van der Waals surface area contributed by atoms with E-state index in [1.165, 1.54) is 6.20 Å². The van der Waals surface area contributed by atoms with Gasteiger partial charge in [0.25, 0.3) is 0 Å². The minimum atomic E-state index is -1.70. The van der Waals surface area contributed by atoms with Crippen molar-refractivity contribution in [2.75, 3.05) is 0 Å². The molecule has 0 atom stereocenters. The number of carbonyl (C=O) groups is 2. The van der Waals surface area contributed by atoms with Gasteiger partial charge in [-0.2, -0.15) is 5.26 Å². The first-order chi connectivity index (χ1) is 7.06. The van der Waals surface area contributed by atoms with Crippen LogP contribution < -0.4 is 5.32 Å². The standard InChI is InChI=1S/C9H10N2O4/c10-3-6(5-1-2-5)4-11-7(8(12)13)9(14)15/h4-5,7,11H,1-2H2,(H,12,13)(H,14,15)/b6-4-. The molecule has 0 unspecified atom stereocenters. The maximum atomic E-state index is 10.5. The van der Waals surface area contributed by atoms with Gasteiger partial charge < -0.3 is 15.5 Å². The third-order valence-electron chi connectivity index (χ3n) is 2.05. The summed E-state index contributed by atoms with van der Waals surface area (Å²) in [6, 6.07) is 0.208. The van der Waals surface area contributed by atoms with Crippen LogP contribution in [-0.2, 0) is 9.59 Å². The molecular weight excluding hydrogens is 200 g/mol. The highest BCUT2D eigenvalue weighted by molar-refractivity contribution is 5.97. The fraction of sp³-hybridized carbons (Fsp3) is 0.444. The third-order valence-corrected chi connectivity index (χ3v) is 2.05. The Kier molecular flexibility index (Phi) is 3.29. The van der Waals surface area contributed by atoms with E-state index in [4.69, 9.17) is 15.5 Å². The maximum Gasteiger partial charge on any atom is 0.337 e. The second-order valence-electron chi connectivity index (χ2n) is 3.26. The van der Waals surface area contributed by atoms with Crippen molar-refractivity contribution >= 4 is 11.9 Å². The normalized spacial score (nSPS) is 15.9. The van der Waals surface area contributed by atoms with Crippen LogP contribution >= 0.6 is 0 Å². The molecule has 15 heavy (non-hydrogen) atoms. The lowest BCUT2D eigenvalue weighted by molar-refractivity contribution is -0.150. The van der Waals surface area contributed by atoms with E-state index in [1.807, 2.05) is 6.07 Å². The summed E-state index contributed by atoms with van der Waals surface area (Å²) >= 11 is 0. The molecule has 0 aromatic heterocycles. The predicted molar refractivity (Wildman–Crippen MR) is 48.6 cm³/mol. The molecule has 0 heterocycles. The van der Waals surface area contributed by atoms with E-state index in [0.717, 1.165) is 12.8 Å². The quantitative estimate of drug-likeness (QED) is 0.432. The largest absolute Gasteiger partial charge is 0.479 e. The number of nitriles is 1. The van der Waals surface area contributed by atoms with Gasteiger partial charge in [-0.15, -0.1) is 0 Å². The lowest BCUT2D eigenvalue weighted by atomic mass is 10.2. The molecule has 0 bridgehead atoms. The predicted octanol–water partition coefficient (Wildman–Crippen LogP) is -0.0687. The van der Waals surface area contributed by atoms with Crippen LogP contribution in [0.3, 0.4) is 0 Å². The molecule has 3 N–H and O–H groups in total. The lowest BCUT2D eigenvalue weighted by Crippen LogP contribution is -2.40. The van der Waals surface area contributed by atoms with E-state index in [0.29, 0.717) is 5.57 Å². The summed E-state index contributed by atoms with van der Waals surface area (Å²) in [6.07, 6.45) is 2.97. The molecule has 1 aliphatic carbocycles. The monoisotopic (exact) mass is 210 g/mol. The van der Waals surface area contributed by atoms with Crippen molar-refractivity contribution in [3.8, 4) is 6.07 Å². The van der Waals surface area contributed by atoms with Crippen LogP contribution in [0.1, 0.15) is 12.8 Å². The van der Waals surface area contributed by atoms with Crippen molar-refractivity contribution in [1.82, 2.24) is 5.32 Å². The molecule has 0 saturated heterocycles. The number of hydrogen-bond acceptors (Lipinski definition) is 4. The number of carboxylic acids is 2. The Labute approximate surface area is 85.8 Å². The molecule has 80 valence electrons. The Hall–Kier alpha value is -2.03. The van der Waals surface area contributed by atoms with Crippen molar-refractivity contribution < 1.29 is 19.8 Å². The van der Waals surface area contributed by atoms with Gasteiger partial charge in [0.05, 0.1) is 6.07 Å². The molecule has 0 aliphatic heterocycles. The Morgan fingerprint density at radius 2 is 1.93 bits per heavy atom. The number of nitrogens with one attached hydrogen (secondary N) is 1. The zero-order valence-electron chi connectivity index (χ0n) is 7.80. The van der Waals surface area contributed by atoms with E-state index in [-0.39, 0.29) is 5.92 Å². The first-order valence-corrected chi connectivity index (χ1v) is 4.38. The summed E-state index contributed by atoms with van der Waals surface area (Å²) in [7, 11) is 0. The fourth-order valence-electron chi connectivity index (χ4n) is 1.06. The summed E-state index contributed by atoms with van der Waals surface area (Å²) in [4.78, 5) is 20.9. The summed E-state index contributed by atoms with van der Waals surface area (Å²) in [5.74, 6) is -2.80. The van der Waals surface area contributed by atoms with Crippen molar-refractivity contribution in [2.45, 2.75) is 18.9 Å². The van der Waals surface area contributed by atoms with Crippen molar-refractivity contribution in [2.24, 2.45) is 5.92 Å². The molecule has 1 saturated carbocycles. The van der Waals surface area contributed by atoms with E-state index < -0.39 is 18.0 Å². The lowest BCUT2D eigenvalue weighted by Gasteiger charge is -2.07. The van der Waals surface area contributed by atoms with E-state index in [2.05, 4.69) is 5.32 Å². The number of carboxylic acid groups (broad SMARTS) is 2. The summed E-state index contributed by atoms with van der Waals surface area (Å²) in [6.45, 7) is 0. The Bertz CT molecular complexity index is 338.